The molecule has 0 atom stereocenters. The minimum absolute atomic E-state index is 0.116. The van der Waals surface area contributed by atoms with Crippen molar-refractivity contribution in [2.75, 3.05) is 13.7 Å². The monoisotopic (exact) mass is 320 g/mol. The lowest BCUT2D eigenvalue weighted by atomic mass is 10.1. The van der Waals surface area contributed by atoms with Gasteiger partial charge in [0.15, 0.2) is 5.88 Å². The Bertz CT molecular complexity index is 591. The van der Waals surface area contributed by atoms with E-state index in [2.05, 4.69) is 21.4 Å². The SMILES string of the molecule is CN(N=N)C(=O)NC1=CNNC(C2CC2)=C1COC(N)=CC=N. The summed E-state index contributed by atoms with van der Waals surface area (Å²) in [5.74, 6) is 0.498. The molecule has 0 bridgehead atoms. The van der Waals surface area contributed by atoms with E-state index in [1.165, 1.54) is 13.1 Å². The second-order valence-electron chi connectivity index (χ2n) is 5.07. The van der Waals surface area contributed by atoms with E-state index in [0.717, 1.165) is 35.3 Å². The average molecular weight is 320 g/mol. The van der Waals surface area contributed by atoms with Gasteiger partial charge in [-0.3, -0.25) is 0 Å². The summed E-state index contributed by atoms with van der Waals surface area (Å²) in [6.45, 7) is 0.143. The topological polar surface area (TPSA) is 152 Å². The first-order valence-corrected chi connectivity index (χ1v) is 7.03. The summed E-state index contributed by atoms with van der Waals surface area (Å²) < 4.78 is 5.42. The predicted octanol–water partition coefficient (Wildman–Crippen LogP) is 0.653. The van der Waals surface area contributed by atoms with Crippen molar-refractivity contribution in [1.29, 1.82) is 10.9 Å². The van der Waals surface area contributed by atoms with Crippen LogP contribution in [0, 0.1) is 16.9 Å². The number of amides is 2. The molecule has 0 unspecified atom stereocenters. The third kappa shape index (κ3) is 4.22. The maximum Gasteiger partial charge on any atom is 0.343 e. The molecule has 0 aromatic rings. The first-order valence-electron chi connectivity index (χ1n) is 7.03. The van der Waals surface area contributed by atoms with E-state index in [4.69, 9.17) is 21.4 Å². The van der Waals surface area contributed by atoms with Crippen LogP contribution in [-0.4, -0.2) is 30.9 Å². The van der Waals surface area contributed by atoms with E-state index >= 15 is 0 Å². The Morgan fingerprint density at radius 3 is 3.00 bits per heavy atom. The summed E-state index contributed by atoms with van der Waals surface area (Å²) in [5, 5.41) is 13.6. The Morgan fingerprint density at radius 2 is 2.39 bits per heavy atom. The van der Waals surface area contributed by atoms with Crippen LogP contribution < -0.4 is 21.9 Å². The molecular weight excluding hydrogens is 300 g/mol. The van der Waals surface area contributed by atoms with Crippen molar-refractivity contribution in [1.82, 2.24) is 21.2 Å². The number of allylic oxidation sites excluding steroid dienone is 2. The molecule has 1 saturated carbocycles. The number of carbonyl (C=O) groups excluding carboxylic acids is 1. The van der Waals surface area contributed by atoms with Crippen molar-refractivity contribution in [2.24, 2.45) is 16.9 Å². The first-order chi connectivity index (χ1) is 11.1. The Hall–Kier alpha value is -3.04. The van der Waals surface area contributed by atoms with Crippen LogP contribution in [0.5, 0.6) is 0 Å². The van der Waals surface area contributed by atoms with Gasteiger partial charge in [0, 0.05) is 42.7 Å². The van der Waals surface area contributed by atoms with E-state index in [1.54, 1.807) is 6.20 Å². The van der Waals surface area contributed by atoms with Crippen molar-refractivity contribution >= 4 is 12.2 Å². The lowest BCUT2D eigenvalue weighted by molar-refractivity contribution is 0.207. The van der Waals surface area contributed by atoms with E-state index in [1.807, 2.05) is 0 Å². The van der Waals surface area contributed by atoms with Crippen LogP contribution in [-0.2, 0) is 4.74 Å². The van der Waals surface area contributed by atoms with E-state index in [0.29, 0.717) is 11.6 Å². The fourth-order valence-electron chi connectivity index (χ4n) is 2.01. The molecule has 0 radical (unpaired) electrons. The van der Waals surface area contributed by atoms with Crippen molar-refractivity contribution in [3.63, 3.8) is 0 Å². The highest BCUT2D eigenvalue weighted by Gasteiger charge is 2.32. The Balaban J connectivity index is 2.16. The molecule has 2 aliphatic rings. The summed E-state index contributed by atoms with van der Waals surface area (Å²) >= 11 is 0. The predicted molar refractivity (Wildman–Crippen MR) is 82.6 cm³/mol. The molecular formula is C13H20N8O2. The normalized spacial score (nSPS) is 17.4. The summed E-state index contributed by atoms with van der Waals surface area (Å²) in [4.78, 5) is 11.9. The molecule has 2 amide bonds. The molecule has 10 heteroatoms. The maximum atomic E-state index is 11.9. The highest BCUT2D eigenvalue weighted by atomic mass is 16.5. The molecule has 124 valence electrons. The van der Waals surface area contributed by atoms with Gasteiger partial charge in [0.1, 0.15) is 6.61 Å². The molecule has 0 aromatic heterocycles. The quantitative estimate of drug-likeness (QED) is 0.176. The number of carbonyl (C=O) groups is 1. The van der Waals surface area contributed by atoms with Gasteiger partial charge in [-0.25, -0.2) is 4.79 Å². The average Bonchev–Trinajstić information content (AvgIpc) is 3.37. The zero-order chi connectivity index (χ0) is 16.8. The highest BCUT2D eigenvalue weighted by Crippen LogP contribution is 2.38. The van der Waals surface area contributed by atoms with Crippen LogP contribution in [0.3, 0.4) is 0 Å². The minimum atomic E-state index is -0.536. The zero-order valence-electron chi connectivity index (χ0n) is 12.7. The van der Waals surface area contributed by atoms with Gasteiger partial charge in [0.05, 0.1) is 5.70 Å². The molecule has 0 saturated heterocycles. The Labute approximate surface area is 133 Å². The number of hydrogen-bond donors (Lipinski definition) is 6. The lowest BCUT2D eigenvalue weighted by Crippen LogP contribution is -2.40. The molecule has 0 aromatic carbocycles. The Morgan fingerprint density at radius 1 is 1.65 bits per heavy atom. The number of nitrogens with two attached hydrogens (primary N) is 1. The molecule has 23 heavy (non-hydrogen) atoms. The van der Waals surface area contributed by atoms with Crippen LogP contribution in [0.1, 0.15) is 12.8 Å². The number of rotatable bonds is 7. The van der Waals surface area contributed by atoms with Crippen molar-refractivity contribution < 1.29 is 9.53 Å². The first kappa shape index (κ1) is 16.3. The van der Waals surface area contributed by atoms with Gasteiger partial charge in [-0.1, -0.05) is 5.22 Å². The van der Waals surface area contributed by atoms with Gasteiger partial charge in [-0.15, -0.1) is 0 Å². The van der Waals surface area contributed by atoms with Crippen molar-refractivity contribution in [3.8, 4) is 0 Å². The molecule has 0 spiro atoms. The van der Waals surface area contributed by atoms with Gasteiger partial charge < -0.3 is 32.0 Å². The number of urea groups is 1. The molecule has 2 rings (SSSR count). The van der Waals surface area contributed by atoms with Gasteiger partial charge >= 0.3 is 6.03 Å². The summed E-state index contributed by atoms with van der Waals surface area (Å²) in [7, 11) is 1.38. The minimum Gasteiger partial charge on any atom is -0.474 e. The molecule has 1 heterocycles. The number of ether oxygens (including phenoxy) is 1. The third-order valence-electron chi connectivity index (χ3n) is 3.38. The zero-order valence-corrected chi connectivity index (χ0v) is 12.7. The largest absolute Gasteiger partial charge is 0.474 e. The molecule has 1 aliphatic heterocycles. The van der Waals surface area contributed by atoms with Gasteiger partial charge in [0.2, 0.25) is 0 Å². The number of hydrazine groups is 1. The van der Waals surface area contributed by atoms with Crippen LogP contribution >= 0.6 is 0 Å². The molecule has 7 N–H and O–H groups in total. The number of hydrogen-bond acceptors (Lipinski definition) is 8. The van der Waals surface area contributed by atoms with E-state index < -0.39 is 6.03 Å². The second kappa shape index (κ2) is 7.29. The van der Waals surface area contributed by atoms with Crippen LogP contribution in [0.4, 0.5) is 4.79 Å². The van der Waals surface area contributed by atoms with Crippen LogP contribution in [0.2, 0.25) is 0 Å². The molecule has 1 fully saturated rings. The van der Waals surface area contributed by atoms with E-state index in [9.17, 15) is 4.79 Å². The molecule has 1 aliphatic carbocycles. The fraction of sp³-hybridized carbons (Fsp3) is 0.385. The van der Waals surface area contributed by atoms with Gasteiger partial charge in [-0.2, -0.15) is 10.5 Å². The Kier molecular flexibility index (Phi) is 5.18. The van der Waals surface area contributed by atoms with Crippen LogP contribution in [0.25, 0.3) is 0 Å². The van der Waals surface area contributed by atoms with Crippen LogP contribution in [0.15, 0.2) is 40.3 Å². The standard InChI is InChI=1S/C13H20N8O2/c1-21(20-16)13(22)18-10-6-17-19-12(8-2-3-8)9(10)7-23-11(15)4-5-14/h4-6,8,14,16-17,19H,2-3,7,15H2,1H3,(H,18,22). The third-order valence-corrected chi connectivity index (χ3v) is 3.38. The van der Waals surface area contributed by atoms with Crippen molar-refractivity contribution in [2.45, 2.75) is 12.8 Å². The fourth-order valence-corrected chi connectivity index (χ4v) is 2.01. The second-order valence-corrected chi connectivity index (χ2v) is 5.07. The summed E-state index contributed by atoms with van der Waals surface area (Å²) in [6.07, 6.45) is 6.08. The van der Waals surface area contributed by atoms with Gasteiger partial charge in [-0.05, 0) is 12.8 Å². The lowest BCUT2D eigenvalue weighted by Gasteiger charge is -2.25. The van der Waals surface area contributed by atoms with E-state index in [-0.39, 0.29) is 12.5 Å². The summed E-state index contributed by atoms with van der Waals surface area (Å²) in [5.41, 5.74) is 20.7. The highest BCUT2D eigenvalue weighted by molar-refractivity contribution is 5.76. The summed E-state index contributed by atoms with van der Waals surface area (Å²) in [6, 6.07) is -0.536. The number of nitrogens with zero attached hydrogens (tertiary/aromatic N) is 2. The van der Waals surface area contributed by atoms with Gasteiger partial charge in [0.25, 0.3) is 0 Å². The van der Waals surface area contributed by atoms with Crippen molar-refractivity contribution in [3.05, 3.63) is 35.1 Å². The smallest absolute Gasteiger partial charge is 0.343 e. The maximum absolute atomic E-state index is 11.9. The molecule has 10 nitrogen and oxygen atoms in total. The number of nitrogens with one attached hydrogen (secondary N) is 5.